The van der Waals surface area contributed by atoms with Gasteiger partial charge in [0.1, 0.15) is 0 Å². The van der Waals surface area contributed by atoms with Crippen molar-refractivity contribution in [3.05, 3.63) is 34.2 Å². The molecule has 0 aromatic carbocycles. The molecule has 0 N–H and O–H groups in total. The Morgan fingerprint density at radius 3 is 1.59 bits per heavy atom. The van der Waals surface area contributed by atoms with Gasteiger partial charge in [-0.15, -0.1) is 13.1 Å². The van der Waals surface area contributed by atoms with Gasteiger partial charge in [0, 0.05) is 11.4 Å². The maximum Gasteiger partial charge on any atom is 2.00 e. The number of ether oxygens (including phenoxy) is 2. The van der Waals surface area contributed by atoms with Crippen LogP contribution in [0, 0.1) is 0 Å². The van der Waals surface area contributed by atoms with Crippen LogP contribution in [-0.2, 0) is 35.6 Å². The second kappa shape index (κ2) is 14.0. The van der Waals surface area contributed by atoms with Gasteiger partial charge in [0.25, 0.3) is 0 Å². The fourth-order valence-electron chi connectivity index (χ4n) is 2.04. The van der Waals surface area contributed by atoms with Crippen molar-refractivity contribution in [1.29, 1.82) is 0 Å². The topological polar surface area (TPSA) is 106 Å². The predicted octanol–water partition coefficient (Wildman–Crippen LogP) is 2.56. The smallest absolute Gasteiger partial charge is 0.691 e. The molecule has 0 aliphatic carbocycles. The largest absolute Gasteiger partial charge is 2.00 e. The second-order valence-corrected chi connectivity index (χ2v) is 5.27. The maximum atomic E-state index is 12.0. The molecule has 0 radical (unpaired) electrons. The van der Waals surface area contributed by atoms with E-state index in [0.717, 1.165) is 0 Å². The van der Waals surface area contributed by atoms with Gasteiger partial charge in [-0.05, 0) is 27.7 Å². The molecular weight excluding hydrogens is 395 g/mol. The van der Waals surface area contributed by atoms with Crippen LogP contribution in [-0.4, -0.2) is 62.8 Å². The number of hydrogen-bond donors (Lipinski definition) is 0. The van der Waals surface area contributed by atoms with E-state index in [1.54, 1.807) is 27.7 Å². The molecule has 1 heterocycles. The van der Waals surface area contributed by atoms with Gasteiger partial charge in [-0.3, -0.25) is 9.98 Å². The summed E-state index contributed by atoms with van der Waals surface area (Å²) in [6, 6.07) is 0. The molecule has 152 valence electrons. The third-order valence-electron chi connectivity index (χ3n) is 3.37. The van der Waals surface area contributed by atoms with Crippen LogP contribution in [0.3, 0.4) is 0 Å². The van der Waals surface area contributed by atoms with Crippen LogP contribution in [0.5, 0.6) is 0 Å². The van der Waals surface area contributed by atoms with Crippen molar-refractivity contribution in [2.75, 3.05) is 39.4 Å². The fourth-order valence-corrected chi connectivity index (χ4v) is 2.04. The molecule has 9 heteroatoms. The van der Waals surface area contributed by atoms with Crippen LogP contribution >= 0.6 is 0 Å². The standard InChI is InChI=1S/C18H28N4O4.Ni/c1-5-25-17(23)15-11-19-7-8-20-12-16(18(24)26-6-2)14(4)22-10-9-21-13(15)3;/h11-12H,5-10H2,1-4H3,(H2,19,20,21,22,23,24);/q;+2/p-2. The summed E-state index contributed by atoms with van der Waals surface area (Å²) in [5.74, 6) is -0.906. The summed E-state index contributed by atoms with van der Waals surface area (Å²) in [5.41, 5.74) is 1.73. The summed E-state index contributed by atoms with van der Waals surface area (Å²) in [6.07, 6.45) is 2.92. The van der Waals surface area contributed by atoms with Gasteiger partial charge in [0.05, 0.1) is 37.4 Å². The van der Waals surface area contributed by atoms with Gasteiger partial charge in [-0.2, -0.15) is 12.4 Å². The molecule has 0 unspecified atom stereocenters. The average molecular weight is 421 g/mol. The van der Waals surface area contributed by atoms with Crippen LogP contribution in [0.15, 0.2) is 33.5 Å². The first-order chi connectivity index (χ1) is 12.5. The van der Waals surface area contributed by atoms with Crippen LogP contribution < -0.4 is 0 Å². The summed E-state index contributed by atoms with van der Waals surface area (Å²) in [5, 5.41) is 8.41. The Balaban J connectivity index is 0.00000676. The molecular formula is C18H26N4NiO4. The van der Waals surface area contributed by atoms with E-state index in [0.29, 0.717) is 48.7 Å². The summed E-state index contributed by atoms with van der Waals surface area (Å²) in [4.78, 5) is 32.8. The molecule has 1 aliphatic rings. The van der Waals surface area contributed by atoms with E-state index in [-0.39, 0.29) is 29.7 Å². The Kier molecular flexibility index (Phi) is 12.9. The summed E-state index contributed by atoms with van der Waals surface area (Å²) in [7, 11) is 0. The Labute approximate surface area is 170 Å². The van der Waals surface area contributed by atoms with Crippen molar-refractivity contribution < 1.29 is 35.6 Å². The third kappa shape index (κ3) is 8.86. The first-order valence-electron chi connectivity index (χ1n) is 8.61. The van der Waals surface area contributed by atoms with Gasteiger partial charge in [0.15, 0.2) is 0 Å². The van der Waals surface area contributed by atoms with Gasteiger partial charge in [0.2, 0.25) is 0 Å². The minimum atomic E-state index is -0.453. The number of nitrogens with zero attached hydrogens (tertiary/aromatic N) is 4. The Bertz CT molecular complexity index is 573. The molecule has 1 aliphatic heterocycles. The van der Waals surface area contributed by atoms with E-state index in [2.05, 4.69) is 20.6 Å². The predicted molar refractivity (Wildman–Crippen MR) is 102 cm³/mol. The maximum absolute atomic E-state index is 12.0. The van der Waals surface area contributed by atoms with Crippen molar-refractivity contribution in [1.82, 2.24) is 0 Å². The third-order valence-corrected chi connectivity index (χ3v) is 3.37. The van der Waals surface area contributed by atoms with Crippen molar-refractivity contribution >= 4 is 23.4 Å². The molecule has 0 spiro atoms. The fraction of sp³-hybridized carbons (Fsp3) is 0.556. The summed E-state index contributed by atoms with van der Waals surface area (Å²) >= 11 is 0. The zero-order chi connectivity index (χ0) is 19.4. The average Bonchev–Trinajstić information content (AvgIpc) is 2.60. The van der Waals surface area contributed by atoms with Crippen molar-refractivity contribution in [2.24, 2.45) is 9.98 Å². The minimum Gasteiger partial charge on any atom is -0.691 e. The monoisotopic (exact) mass is 420 g/mol. The zero-order valence-electron chi connectivity index (χ0n) is 16.1. The van der Waals surface area contributed by atoms with Crippen LogP contribution in [0.1, 0.15) is 27.7 Å². The van der Waals surface area contributed by atoms with Gasteiger partial charge < -0.3 is 20.1 Å². The Morgan fingerprint density at radius 2 is 1.26 bits per heavy atom. The summed E-state index contributed by atoms with van der Waals surface area (Å²) < 4.78 is 10.1. The molecule has 0 bridgehead atoms. The number of esters is 2. The number of rotatable bonds is 4. The van der Waals surface area contributed by atoms with E-state index in [1.165, 1.54) is 12.4 Å². The first kappa shape index (κ1) is 24.9. The van der Waals surface area contributed by atoms with Crippen LogP contribution in [0.25, 0.3) is 10.6 Å². The van der Waals surface area contributed by atoms with E-state index in [1.807, 2.05) is 0 Å². The first-order valence-corrected chi connectivity index (χ1v) is 8.61. The molecule has 0 fully saturated rings. The molecule has 27 heavy (non-hydrogen) atoms. The molecule has 0 aromatic rings. The number of carbonyl (C=O) groups excluding carboxylic acids is 2. The SMILES string of the molecule is CCOC(=O)/C1=C/[N-]CC[N-]/C=C(/C(=O)OCC)C(C)=NCCN=C1C.[Ni+2]. The van der Waals surface area contributed by atoms with Crippen molar-refractivity contribution in [3.63, 3.8) is 0 Å². The van der Waals surface area contributed by atoms with Crippen LogP contribution in [0.2, 0.25) is 0 Å². The van der Waals surface area contributed by atoms with E-state index >= 15 is 0 Å². The number of hydrogen-bond acceptors (Lipinski definition) is 6. The number of carbonyl (C=O) groups is 2. The quantitative estimate of drug-likeness (QED) is 0.514. The Morgan fingerprint density at radius 1 is 0.889 bits per heavy atom. The summed E-state index contributed by atoms with van der Waals surface area (Å²) in [6.45, 7) is 8.97. The van der Waals surface area contributed by atoms with Gasteiger partial charge >= 0.3 is 28.4 Å². The van der Waals surface area contributed by atoms with Crippen molar-refractivity contribution in [3.8, 4) is 0 Å². The second-order valence-electron chi connectivity index (χ2n) is 5.27. The van der Waals surface area contributed by atoms with E-state index in [4.69, 9.17) is 9.47 Å². The van der Waals surface area contributed by atoms with E-state index < -0.39 is 11.9 Å². The molecule has 0 saturated heterocycles. The molecule has 8 nitrogen and oxygen atoms in total. The molecule has 0 atom stereocenters. The van der Waals surface area contributed by atoms with Gasteiger partial charge in [-0.25, -0.2) is 9.59 Å². The molecule has 0 amide bonds. The molecule has 0 aromatic heterocycles. The normalized spacial score (nSPS) is 19.7. The Hall–Kier alpha value is -2.15. The zero-order valence-corrected chi connectivity index (χ0v) is 17.1. The van der Waals surface area contributed by atoms with Crippen LogP contribution in [0.4, 0.5) is 0 Å². The van der Waals surface area contributed by atoms with Crippen molar-refractivity contribution in [2.45, 2.75) is 27.7 Å². The van der Waals surface area contributed by atoms with Gasteiger partial charge in [-0.1, -0.05) is 0 Å². The molecule has 1 rings (SSSR count). The van der Waals surface area contributed by atoms with E-state index in [9.17, 15) is 9.59 Å². The molecule has 0 saturated carbocycles. The minimum absolute atomic E-state index is 0. The number of aliphatic imine (C=N–C) groups is 2.